The van der Waals surface area contributed by atoms with Crippen molar-refractivity contribution < 1.29 is 0 Å². The average molecular weight is 371 g/mol. The van der Waals surface area contributed by atoms with Gasteiger partial charge in [-0.2, -0.15) is 5.10 Å². The van der Waals surface area contributed by atoms with Crippen LogP contribution in [0.1, 0.15) is 30.1 Å². The fourth-order valence-electron chi connectivity index (χ4n) is 3.50. The highest BCUT2D eigenvalue weighted by Gasteiger charge is 2.34. The van der Waals surface area contributed by atoms with E-state index in [0.717, 1.165) is 28.1 Å². The molecular formula is C21H21N7. The van der Waals surface area contributed by atoms with Crippen molar-refractivity contribution in [1.29, 1.82) is 0 Å². The number of hydrogen-bond acceptors (Lipinski definition) is 6. The van der Waals surface area contributed by atoms with E-state index in [1.807, 2.05) is 37.6 Å². The first-order valence-electron chi connectivity index (χ1n) is 9.48. The Labute approximate surface area is 162 Å². The van der Waals surface area contributed by atoms with E-state index < -0.39 is 0 Å². The van der Waals surface area contributed by atoms with Gasteiger partial charge < -0.3 is 5.32 Å². The van der Waals surface area contributed by atoms with Crippen molar-refractivity contribution in [2.24, 2.45) is 13.0 Å². The third-order valence-electron chi connectivity index (χ3n) is 5.17. The third kappa shape index (κ3) is 3.09. The Balaban J connectivity index is 1.61. The average Bonchev–Trinajstić information content (AvgIpc) is 3.49. The summed E-state index contributed by atoms with van der Waals surface area (Å²) >= 11 is 0. The highest BCUT2D eigenvalue weighted by atomic mass is 15.3. The third-order valence-corrected chi connectivity index (χ3v) is 5.17. The molecule has 1 atom stereocenters. The number of hydrogen-bond donors (Lipinski definition) is 1. The van der Waals surface area contributed by atoms with Crippen LogP contribution in [0.5, 0.6) is 0 Å². The predicted molar refractivity (Wildman–Crippen MR) is 108 cm³/mol. The molecule has 0 aromatic carbocycles. The van der Waals surface area contributed by atoms with Gasteiger partial charge in [0.25, 0.3) is 0 Å². The molecular weight excluding hydrogens is 350 g/mol. The highest BCUT2D eigenvalue weighted by molar-refractivity contribution is 5.88. The van der Waals surface area contributed by atoms with Crippen molar-refractivity contribution in [3.63, 3.8) is 0 Å². The minimum Gasteiger partial charge on any atom is -0.361 e. The van der Waals surface area contributed by atoms with E-state index in [9.17, 15) is 0 Å². The Morgan fingerprint density at radius 3 is 2.68 bits per heavy atom. The van der Waals surface area contributed by atoms with Gasteiger partial charge in [0.1, 0.15) is 5.82 Å². The second kappa shape index (κ2) is 6.67. The fourth-order valence-corrected chi connectivity index (χ4v) is 3.50. The summed E-state index contributed by atoms with van der Waals surface area (Å²) in [4.78, 5) is 18.3. The van der Waals surface area contributed by atoms with Gasteiger partial charge in [0.05, 0.1) is 23.3 Å². The number of rotatable bonds is 5. The summed E-state index contributed by atoms with van der Waals surface area (Å²) in [5.74, 6) is 2.03. The number of nitrogens with one attached hydrogen (secondary N) is 1. The Kier molecular flexibility index (Phi) is 4.00. The summed E-state index contributed by atoms with van der Waals surface area (Å²) in [6.45, 7) is 2.10. The lowest BCUT2D eigenvalue weighted by Gasteiger charge is -2.19. The summed E-state index contributed by atoms with van der Waals surface area (Å²) in [6, 6.07) is 8.15. The SMILES string of the molecule is Cc1ccnc([C@@H](Nc2nc(-c3ccncc3)nc3c2cnn3C)C2CC2)c1. The first-order valence-corrected chi connectivity index (χ1v) is 9.48. The van der Waals surface area contributed by atoms with Gasteiger partial charge in [-0.3, -0.25) is 14.6 Å². The lowest BCUT2D eigenvalue weighted by molar-refractivity contribution is 0.655. The Bertz CT molecular complexity index is 1130. The van der Waals surface area contributed by atoms with E-state index >= 15 is 0 Å². The molecule has 1 fully saturated rings. The van der Waals surface area contributed by atoms with Crippen LogP contribution in [0.15, 0.2) is 49.1 Å². The van der Waals surface area contributed by atoms with Crippen molar-refractivity contribution in [2.75, 3.05) is 5.32 Å². The van der Waals surface area contributed by atoms with E-state index in [1.165, 1.54) is 18.4 Å². The van der Waals surface area contributed by atoms with Crippen molar-refractivity contribution in [1.82, 2.24) is 29.7 Å². The van der Waals surface area contributed by atoms with Crippen LogP contribution in [-0.2, 0) is 7.05 Å². The van der Waals surface area contributed by atoms with Gasteiger partial charge in [0, 0.05) is 31.2 Å². The topological polar surface area (TPSA) is 81.4 Å². The molecule has 1 aliphatic carbocycles. The van der Waals surface area contributed by atoms with Crippen LogP contribution in [0.2, 0.25) is 0 Å². The smallest absolute Gasteiger partial charge is 0.164 e. The van der Waals surface area contributed by atoms with Crippen LogP contribution in [0.25, 0.3) is 22.4 Å². The lowest BCUT2D eigenvalue weighted by atomic mass is 10.1. The van der Waals surface area contributed by atoms with Gasteiger partial charge in [-0.15, -0.1) is 0 Å². The molecule has 1 aliphatic rings. The molecule has 0 amide bonds. The maximum absolute atomic E-state index is 4.85. The minimum atomic E-state index is 0.128. The molecule has 5 rings (SSSR count). The Morgan fingerprint density at radius 1 is 1.11 bits per heavy atom. The van der Waals surface area contributed by atoms with Crippen molar-refractivity contribution in [2.45, 2.75) is 25.8 Å². The minimum absolute atomic E-state index is 0.128. The van der Waals surface area contributed by atoms with Gasteiger partial charge in [-0.25, -0.2) is 9.97 Å². The van der Waals surface area contributed by atoms with Gasteiger partial charge in [0.15, 0.2) is 11.5 Å². The molecule has 4 aromatic rings. The van der Waals surface area contributed by atoms with E-state index in [1.54, 1.807) is 17.1 Å². The number of anilines is 1. The number of nitrogens with zero attached hydrogens (tertiary/aromatic N) is 6. The monoisotopic (exact) mass is 371 g/mol. The zero-order valence-electron chi connectivity index (χ0n) is 15.9. The largest absolute Gasteiger partial charge is 0.361 e. The van der Waals surface area contributed by atoms with Crippen LogP contribution in [0.4, 0.5) is 5.82 Å². The summed E-state index contributed by atoms with van der Waals surface area (Å²) in [6.07, 6.45) is 9.61. The van der Waals surface area contributed by atoms with Crippen LogP contribution in [0, 0.1) is 12.8 Å². The molecule has 1 saturated carbocycles. The highest BCUT2D eigenvalue weighted by Crippen LogP contribution is 2.43. The van der Waals surface area contributed by atoms with Crippen LogP contribution < -0.4 is 5.32 Å². The predicted octanol–water partition coefficient (Wildman–Crippen LogP) is 3.69. The Hall–Kier alpha value is -3.35. The van der Waals surface area contributed by atoms with E-state index in [4.69, 9.17) is 9.97 Å². The van der Waals surface area contributed by atoms with Crippen molar-refractivity contribution in [3.05, 3.63) is 60.3 Å². The number of aryl methyl sites for hydroxylation is 2. The molecule has 0 unspecified atom stereocenters. The molecule has 28 heavy (non-hydrogen) atoms. The fraction of sp³-hybridized carbons (Fsp3) is 0.286. The van der Waals surface area contributed by atoms with Crippen molar-refractivity contribution in [3.8, 4) is 11.4 Å². The molecule has 4 heterocycles. The molecule has 0 radical (unpaired) electrons. The van der Waals surface area contributed by atoms with Crippen LogP contribution in [-0.4, -0.2) is 29.7 Å². The summed E-state index contributed by atoms with van der Waals surface area (Å²) in [5, 5.41) is 8.98. The van der Waals surface area contributed by atoms with Crippen LogP contribution >= 0.6 is 0 Å². The number of fused-ring (bicyclic) bond motifs is 1. The molecule has 1 N–H and O–H groups in total. The van der Waals surface area contributed by atoms with Gasteiger partial charge in [0.2, 0.25) is 0 Å². The second-order valence-corrected chi connectivity index (χ2v) is 7.35. The molecule has 4 aromatic heterocycles. The number of pyridine rings is 2. The zero-order chi connectivity index (χ0) is 19.1. The maximum Gasteiger partial charge on any atom is 0.164 e. The van der Waals surface area contributed by atoms with E-state index in [-0.39, 0.29) is 6.04 Å². The molecule has 0 saturated heterocycles. The molecule has 0 bridgehead atoms. The summed E-state index contributed by atoms with van der Waals surface area (Å²) in [7, 11) is 1.90. The molecule has 7 nitrogen and oxygen atoms in total. The van der Waals surface area contributed by atoms with Gasteiger partial charge in [-0.1, -0.05) is 0 Å². The van der Waals surface area contributed by atoms with Gasteiger partial charge >= 0.3 is 0 Å². The van der Waals surface area contributed by atoms with E-state index in [2.05, 4.69) is 33.4 Å². The molecule has 7 heteroatoms. The van der Waals surface area contributed by atoms with Gasteiger partial charge in [-0.05, 0) is 55.5 Å². The number of aromatic nitrogens is 6. The molecule has 140 valence electrons. The molecule has 0 aliphatic heterocycles. The lowest BCUT2D eigenvalue weighted by Crippen LogP contribution is -2.16. The quantitative estimate of drug-likeness (QED) is 0.576. The first-order chi connectivity index (χ1) is 13.7. The van der Waals surface area contributed by atoms with E-state index in [0.29, 0.717) is 11.7 Å². The second-order valence-electron chi connectivity index (χ2n) is 7.35. The first kappa shape index (κ1) is 16.8. The standard InChI is InChI=1S/C21H21N7/c1-13-5-10-23-17(11-13)18(14-3-4-14)25-20-16-12-24-28(2)21(16)27-19(26-20)15-6-8-22-9-7-15/h5-12,14,18H,3-4H2,1-2H3,(H,25,26,27)/t18-/m0/s1. The summed E-state index contributed by atoms with van der Waals surface area (Å²) < 4.78 is 1.78. The molecule has 0 spiro atoms. The maximum atomic E-state index is 4.85. The zero-order valence-corrected chi connectivity index (χ0v) is 15.9. The normalized spacial score (nSPS) is 14.9. The summed E-state index contributed by atoms with van der Waals surface area (Å²) in [5.41, 5.74) is 4.00. The Morgan fingerprint density at radius 2 is 1.93 bits per heavy atom. The van der Waals surface area contributed by atoms with Crippen LogP contribution in [0.3, 0.4) is 0 Å². The van der Waals surface area contributed by atoms with Crippen molar-refractivity contribution >= 4 is 16.9 Å².